The lowest BCUT2D eigenvalue weighted by Gasteiger charge is -2.27. The van der Waals surface area contributed by atoms with Crippen LogP contribution in [0.4, 0.5) is 0 Å². The van der Waals surface area contributed by atoms with Crippen molar-refractivity contribution in [2.75, 3.05) is 13.6 Å². The molecular weight excluding hydrogens is 220 g/mol. The summed E-state index contributed by atoms with van der Waals surface area (Å²) < 4.78 is 0. The van der Waals surface area contributed by atoms with Crippen LogP contribution >= 0.6 is 0 Å². The summed E-state index contributed by atoms with van der Waals surface area (Å²) in [7, 11) is 2.28. The van der Waals surface area contributed by atoms with Gasteiger partial charge in [0.15, 0.2) is 0 Å². The molecule has 1 aromatic carbocycles. The van der Waals surface area contributed by atoms with Crippen molar-refractivity contribution in [2.45, 2.75) is 45.3 Å². The van der Waals surface area contributed by atoms with Gasteiger partial charge in [0.25, 0.3) is 0 Å². The minimum atomic E-state index is 0.738. The first kappa shape index (κ1) is 12.2. The Hall–Kier alpha value is -0.860. The van der Waals surface area contributed by atoms with Gasteiger partial charge < -0.3 is 5.32 Å². The molecule has 1 unspecified atom stereocenters. The molecule has 1 atom stereocenters. The van der Waals surface area contributed by atoms with Crippen LogP contribution in [-0.4, -0.2) is 24.5 Å². The van der Waals surface area contributed by atoms with Gasteiger partial charge >= 0.3 is 0 Å². The Morgan fingerprint density at radius 3 is 3.00 bits per heavy atom. The predicted molar refractivity (Wildman–Crippen MR) is 75.5 cm³/mol. The van der Waals surface area contributed by atoms with Gasteiger partial charge in [-0.1, -0.05) is 18.2 Å². The molecule has 98 valence electrons. The Morgan fingerprint density at radius 1 is 1.39 bits per heavy atom. The molecule has 3 rings (SSSR count). The van der Waals surface area contributed by atoms with Crippen LogP contribution in [0.15, 0.2) is 18.2 Å². The van der Waals surface area contributed by atoms with Gasteiger partial charge in [-0.3, -0.25) is 4.90 Å². The zero-order valence-corrected chi connectivity index (χ0v) is 11.6. The maximum Gasteiger partial charge on any atom is 0.0236 e. The Labute approximate surface area is 110 Å². The first-order valence-corrected chi connectivity index (χ1v) is 7.26. The minimum absolute atomic E-state index is 0.738. The third-order valence-electron chi connectivity index (χ3n) is 4.66. The lowest BCUT2D eigenvalue weighted by molar-refractivity contribution is 0.225. The van der Waals surface area contributed by atoms with Gasteiger partial charge in [0.05, 0.1) is 0 Å². The third-order valence-corrected chi connectivity index (χ3v) is 4.66. The predicted octanol–water partition coefficient (Wildman–Crippen LogP) is 2.56. The van der Waals surface area contributed by atoms with Gasteiger partial charge in [-0.15, -0.1) is 0 Å². The van der Waals surface area contributed by atoms with E-state index in [-0.39, 0.29) is 0 Å². The number of rotatable bonds is 4. The van der Waals surface area contributed by atoms with E-state index in [1.807, 2.05) is 0 Å². The molecule has 1 aromatic rings. The van der Waals surface area contributed by atoms with Crippen LogP contribution in [0.5, 0.6) is 0 Å². The fourth-order valence-corrected chi connectivity index (χ4v) is 3.11. The Kier molecular flexibility index (Phi) is 3.40. The van der Waals surface area contributed by atoms with Gasteiger partial charge in [0.2, 0.25) is 0 Å². The average molecular weight is 244 g/mol. The number of fused-ring (bicyclic) bond motifs is 1. The molecule has 1 aliphatic heterocycles. The zero-order chi connectivity index (χ0) is 12.5. The second kappa shape index (κ2) is 5.02. The summed E-state index contributed by atoms with van der Waals surface area (Å²) in [4.78, 5) is 2.54. The molecule has 2 aliphatic rings. The molecule has 1 fully saturated rings. The molecule has 0 aromatic heterocycles. The number of hydrogen-bond donors (Lipinski definition) is 1. The molecule has 1 heterocycles. The molecule has 1 saturated carbocycles. The van der Waals surface area contributed by atoms with Gasteiger partial charge in [-0.05, 0) is 62.4 Å². The number of benzene rings is 1. The second-order valence-electron chi connectivity index (χ2n) is 5.97. The van der Waals surface area contributed by atoms with Gasteiger partial charge in [0, 0.05) is 19.1 Å². The molecular formula is C16H24N2. The first-order chi connectivity index (χ1) is 8.75. The molecule has 0 spiro atoms. The number of nitrogens with one attached hydrogen (secondary N) is 1. The minimum Gasteiger partial charge on any atom is -0.312 e. The highest BCUT2D eigenvalue weighted by atomic mass is 15.1. The maximum absolute atomic E-state index is 3.46. The average Bonchev–Trinajstić information content (AvgIpc) is 3.22. The van der Waals surface area contributed by atoms with Crippen LogP contribution in [0.3, 0.4) is 0 Å². The topological polar surface area (TPSA) is 15.3 Å². The summed E-state index contributed by atoms with van der Waals surface area (Å²) in [6.45, 7) is 5.67. The van der Waals surface area contributed by atoms with Gasteiger partial charge in [-0.2, -0.15) is 0 Å². The van der Waals surface area contributed by atoms with Crippen LogP contribution in [0, 0.1) is 5.92 Å². The molecule has 18 heavy (non-hydrogen) atoms. The molecule has 2 heteroatoms. The highest BCUT2D eigenvalue weighted by Crippen LogP contribution is 2.35. The van der Waals surface area contributed by atoms with Crippen LogP contribution < -0.4 is 5.32 Å². The van der Waals surface area contributed by atoms with Crippen molar-refractivity contribution in [2.24, 2.45) is 5.92 Å². The lowest BCUT2D eigenvalue weighted by Crippen LogP contribution is -2.31. The number of hydrogen-bond acceptors (Lipinski definition) is 2. The summed E-state index contributed by atoms with van der Waals surface area (Å²) >= 11 is 0. The van der Waals surface area contributed by atoms with E-state index in [2.05, 4.69) is 42.4 Å². The Bertz CT molecular complexity index is 423. The quantitative estimate of drug-likeness (QED) is 0.875. The van der Waals surface area contributed by atoms with E-state index in [4.69, 9.17) is 0 Å². The lowest BCUT2D eigenvalue weighted by atomic mass is 9.95. The highest BCUT2D eigenvalue weighted by molar-refractivity contribution is 5.37. The molecule has 0 saturated heterocycles. The molecule has 0 radical (unpaired) electrons. The maximum atomic E-state index is 3.46. The van der Waals surface area contributed by atoms with Crippen LogP contribution in [0.1, 0.15) is 36.5 Å². The van der Waals surface area contributed by atoms with Crippen molar-refractivity contribution in [1.29, 1.82) is 0 Å². The second-order valence-corrected chi connectivity index (χ2v) is 5.97. The van der Waals surface area contributed by atoms with Crippen molar-refractivity contribution in [1.82, 2.24) is 10.2 Å². The van der Waals surface area contributed by atoms with Gasteiger partial charge in [0.1, 0.15) is 0 Å². The van der Waals surface area contributed by atoms with Crippen LogP contribution in [-0.2, 0) is 19.5 Å². The van der Waals surface area contributed by atoms with Crippen LogP contribution in [0.2, 0.25) is 0 Å². The monoisotopic (exact) mass is 244 g/mol. The van der Waals surface area contributed by atoms with E-state index >= 15 is 0 Å². The van der Waals surface area contributed by atoms with Crippen molar-refractivity contribution >= 4 is 0 Å². The summed E-state index contributed by atoms with van der Waals surface area (Å²) in [5, 5.41) is 3.46. The van der Waals surface area contributed by atoms with E-state index in [0.717, 1.165) is 31.6 Å². The SMILES string of the molecule is CC(C1CC1)N(C)Cc1cccc2c1CCNC2. The summed E-state index contributed by atoms with van der Waals surface area (Å²) in [5.41, 5.74) is 4.65. The highest BCUT2D eigenvalue weighted by Gasteiger charge is 2.30. The molecule has 0 amide bonds. The largest absolute Gasteiger partial charge is 0.312 e. The number of nitrogens with zero attached hydrogens (tertiary/aromatic N) is 1. The molecule has 0 bridgehead atoms. The summed E-state index contributed by atoms with van der Waals surface area (Å²) in [5.74, 6) is 0.955. The van der Waals surface area contributed by atoms with E-state index in [0.29, 0.717) is 0 Å². The first-order valence-electron chi connectivity index (χ1n) is 7.26. The van der Waals surface area contributed by atoms with Crippen molar-refractivity contribution in [3.63, 3.8) is 0 Å². The van der Waals surface area contributed by atoms with E-state index in [9.17, 15) is 0 Å². The smallest absolute Gasteiger partial charge is 0.0236 e. The fraction of sp³-hybridized carbons (Fsp3) is 0.625. The third kappa shape index (κ3) is 2.45. The molecule has 1 N–H and O–H groups in total. The van der Waals surface area contributed by atoms with Crippen molar-refractivity contribution in [3.8, 4) is 0 Å². The Balaban J connectivity index is 1.75. The molecule has 2 nitrogen and oxygen atoms in total. The van der Waals surface area contributed by atoms with E-state index in [1.165, 1.54) is 24.8 Å². The van der Waals surface area contributed by atoms with Crippen molar-refractivity contribution < 1.29 is 0 Å². The Morgan fingerprint density at radius 2 is 2.22 bits per heavy atom. The molecule has 1 aliphatic carbocycles. The van der Waals surface area contributed by atoms with Gasteiger partial charge in [-0.25, -0.2) is 0 Å². The summed E-state index contributed by atoms with van der Waals surface area (Å²) in [6, 6.07) is 7.55. The van der Waals surface area contributed by atoms with E-state index < -0.39 is 0 Å². The summed E-state index contributed by atoms with van der Waals surface area (Å²) in [6.07, 6.45) is 4.06. The van der Waals surface area contributed by atoms with Crippen LogP contribution in [0.25, 0.3) is 0 Å². The normalized spacial score (nSPS) is 20.8. The standard InChI is InChI=1S/C16H24N2/c1-12(13-6-7-13)18(2)11-15-5-3-4-14-10-17-9-8-16(14)15/h3-5,12-13,17H,6-11H2,1-2H3. The fourth-order valence-electron chi connectivity index (χ4n) is 3.11. The van der Waals surface area contributed by atoms with Crippen molar-refractivity contribution in [3.05, 3.63) is 34.9 Å². The zero-order valence-electron chi connectivity index (χ0n) is 11.6. The van der Waals surface area contributed by atoms with E-state index in [1.54, 1.807) is 11.1 Å².